The normalized spacial score (nSPS) is 21.9. The van der Waals surface area contributed by atoms with Crippen LogP contribution in [-0.4, -0.2) is 16.5 Å². The molecule has 1 fully saturated rings. The Morgan fingerprint density at radius 1 is 1.40 bits per heavy atom. The summed E-state index contributed by atoms with van der Waals surface area (Å²) in [4.78, 5) is 8.13. The van der Waals surface area contributed by atoms with E-state index in [-0.39, 0.29) is 0 Å². The molecule has 3 nitrogen and oxygen atoms in total. The van der Waals surface area contributed by atoms with Gasteiger partial charge in [0.2, 0.25) is 0 Å². The van der Waals surface area contributed by atoms with Crippen molar-refractivity contribution >= 4 is 0 Å². The molecule has 1 unspecified atom stereocenters. The first kappa shape index (κ1) is 10.7. The zero-order chi connectivity index (χ0) is 10.7. The molecule has 0 saturated carbocycles. The predicted molar refractivity (Wildman–Crippen MR) is 61.9 cm³/mol. The summed E-state index contributed by atoms with van der Waals surface area (Å²) in [6.45, 7) is 5.46. The highest BCUT2D eigenvalue weighted by atomic mass is 15.0. The van der Waals surface area contributed by atoms with Gasteiger partial charge in [0, 0.05) is 5.69 Å². The Balaban J connectivity index is 2.10. The Morgan fingerprint density at radius 2 is 2.27 bits per heavy atom. The number of aromatic amines is 1. The molecule has 2 N–H and O–H groups in total. The zero-order valence-electron chi connectivity index (χ0n) is 9.77. The van der Waals surface area contributed by atoms with E-state index in [0.29, 0.717) is 6.04 Å². The van der Waals surface area contributed by atoms with Crippen LogP contribution in [0.5, 0.6) is 0 Å². The maximum Gasteiger partial charge on any atom is 0.123 e. The van der Waals surface area contributed by atoms with Crippen LogP contribution >= 0.6 is 0 Å². The summed E-state index contributed by atoms with van der Waals surface area (Å²) in [5, 5.41) is 3.52. The first-order valence-electron chi connectivity index (χ1n) is 6.10. The number of nitrogens with zero attached hydrogens (tertiary/aromatic N) is 1. The Labute approximate surface area is 91.7 Å². The third-order valence-electron chi connectivity index (χ3n) is 3.13. The second kappa shape index (κ2) is 4.79. The lowest BCUT2D eigenvalue weighted by molar-refractivity contribution is 0.399. The lowest BCUT2D eigenvalue weighted by Crippen LogP contribution is -2.27. The van der Waals surface area contributed by atoms with Gasteiger partial charge in [-0.2, -0.15) is 0 Å². The van der Waals surface area contributed by atoms with Gasteiger partial charge in [0.25, 0.3) is 0 Å². The van der Waals surface area contributed by atoms with Crippen LogP contribution in [0.3, 0.4) is 0 Å². The average molecular weight is 207 g/mol. The molecule has 1 aliphatic heterocycles. The van der Waals surface area contributed by atoms with Gasteiger partial charge in [0.05, 0.1) is 11.7 Å². The van der Waals surface area contributed by atoms with Crippen molar-refractivity contribution in [3.8, 4) is 0 Å². The Morgan fingerprint density at radius 3 is 2.93 bits per heavy atom. The smallest absolute Gasteiger partial charge is 0.123 e. The van der Waals surface area contributed by atoms with Crippen LogP contribution in [0.2, 0.25) is 0 Å². The SMILES string of the molecule is CCCc1nc(C2CCCCN2)[nH]c1C. The first-order chi connectivity index (χ1) is 7.31. The fraction of sp³-hybridized carbons (Fsp3) is 0.750. The molecule has 15 heavy (non-hydrogen) atoms. The number of piperidine rings is 1. The topological polar surface area (TPSA) is 40.7 Å². The van der Waals surface area contributed by atoms with Gasteiger partial charge in [-0.05, 0) is 32.7 Å². The minimum Gasteiger partial charge on any atom is -0.345 e. The molecule has 0 radical (unpaired) electrons. The molecular formula is C12H21N3. The summed E-state index contributed by atoms with van der Waals surface area (Å²) in [5.41, 5.74) is 2.50. The maximum atomic E-state index is 4.71. The van der Waals surface area contributed by atoms with Gasteiger partial charge >= 0.3 is 0 Å². The minimum atomic E-state index is 0.461. The van der Waals surface area contributed by atoms with Gasteiger partial charge in [-0.3, -0.25) is 0 Å². The van der Waals surface area contributed by atoms with Gasteiger partial charge < -0.3 is 10.3 Å². The monoisotopic (exact) mass is 207 g/mol. The number of imidazole rings is 1. The van der Waals surface area contributed by atoms with Crippen LogP contribution in [0, 0.1) is 6.92 Å². The van der Waals surface area contributed by atoms with Gasteiger partial charge in [0.15, 0.2) is 0 Å². The molecule has 1 aliphatic rings. The van der Waals surface area contributed by atoms with Gasteiger partial charge in [-0.15, -0.1) is 0 Å². The standard InChI is InChI=1S/C12H21N3/c1-3-6-10-9(2)14-12(15-10)11-7-4-5-8-13-11/h11,13H,3-8H2,1-2H3,(H,14,15). The molecule has 0 aromatic carbocycles. The van der Waals surface area contributed by atoms with E-state index in [1.165, 1.54) is 37.1 Å². The van der Waals surface area contributed by atoms with E-state index in [0.717, 1.165) is 18.8 Å². The van der Waals surface area contributed by atoms with Gasteiger partial charge in [0.1, 0.15) is 5.82 Å². The molecule has 2 heterocycles. The minimum absolute atomic E-state index is 0.461. The number of aromatic nitrogens is 2. The second-order valence-electron chi connectivity index (χ2n) is 4.45. The molecule has 3 heteroatoms. The first-order valence-corrected chi connectivity index (χ1v) is 6.10. The molecule has 0 amide bonds. The van der Waals surface area contributed by atoms with Crippen molar-refractivity contribution in [2.24, 2.45) is 0 Å². The Hall–Kier alpha value is -0.830. The van der Waals surface area contributed by atoms with E-state index in [2.05, 4.69) is 24.1 Å². The Bertz CT molecular complexity index is 311. The quantitative estimate of drug-likeness (QED) is 0.799. The number of hydrogen-bond donors (Lipinski definition) is 2. The fourth-order valence-corrected chi connectivity index (χ4v) is 2.25. The Kier molecular flexibility index (Phi) is 3.41. The number of nitrogens with one attached hydrogen (secondary N) is 2. The van der Waals surface area contributed by atoms with E-state index in [1.807, 2.05) is 0 Å². The van der Waals surface area contributed by atoms with Crippen LogP contribution in [-0.2, 0) is 6.42 Å². The van der Waals surface area contributed by atoms with Gasteiger partial charge in [-0.1, -0.05) is 19.8 Å². The van der Waals surface area contributed by atoms with Crippen molar-refractivity contribution in [1.82, 2.24) is 15.3 Å². The molecule has 0 spiro atoms. The van der Waals surface area contributed by atoms with Crippen molar-refractivity contribution in [3.63, 3.8) is 0 Å². The van der Waals surface area contributed by atoms with Crippen LogP contribution in [0.4, 0.5) is 0 Å². The fourth-order valence-electron chi connectivity index (χ4n) is 2.25. The number of rotatable bonds is 3. The lowest BCUT2D eigenvalue weighted by Gasteiger charge is -2.21. The van der Waals surface area contributed by atoms with Crippen LogP contribution in [0.15, 0.2) is 0 Å². The predicted octanol–water partition coefficient (Wildman–Crippen LogP) is 2.49. The number of H-pyrrole nitrogens is 1. The van der Waals surface area contributed by atoms with E-state index in [4.69, 9.17) is 4.98 Å². The number of hydrogen-bond acceptors (Lipinski definition) is 2. The summed E-state index contributed by atoms with van der Waals surface area (Å²) < 4.78 is 0. The zero-order valence-corrected chi connectivity index (χ0v) is 9.77. The van der Waals surface area contributed by atoms with E-state index >= 15 is 0 Å². The van der Waals surface area contributed by atoms with Gasteiger partial charge in [-0.25, -0.2) is 4.98 Å². The highest BCUT2D eigenvalue weighted by molar-refractivity contribution is 5.15. The molecular weight excluding hydrogens is 186 g/mol. The molecule has 0 aliphatic carbocycles. The molecule has 1 saturated heterocycles. The molecule has 1 aromatic heterocycles. The maximum absolute atomic E-state index is 4.71. The van der Waals surface area contributed by atoms with Crippen LogP contribution < -0.4 is 5.32 Å². The van der Waals surface area contributed by atoms with E-state index < -0.39 is 0 Å². The van der Waals surface area contributed by atoms with E-state index in [1.54, 1.807) is 0 Å². The van der Waals surface area contributed by atoms with Crippen LogP contribution in [0.1, 0.15) is 55.9 Å². The molecule has 2 rings (SSSR count). The number of aryl methyl sites for hydroxylation is 2. The largest absolute Gasteiger partial charge is 0.345 e. The second-order valence-corrected chi connectivity index (χ2v) is 4.45. The highest BCUT2D eigenvalue weighted by Crippen LogP contribution is 2.21. The average Bonchev–Trinajstić information content (AvgIpc) is 2.63. The van der Waals surface area contributed by atoms with Crippen molar-refractivity contribution in [2.75, 3.05) is 6.54 Å². The third-order valence-corrected chi connectivity index (χ3v) is 3.13. The van der Waals surface area contributed by atoms with Crippen molar-refractivity contribution in [3.05, 3.63) is 17.2 Å². The summed E-state index contributed by atoms with van der Waals surface area (Å²) in [6.07, 6.45) is 6.11. The summed E-state index contributed by atoms with van der Waals surface area (Å²) in [6, 6.07) is 0.461. The van der Waals surface area contributed by atoms with Crippen molar-refractivity contribution in [1.29, 1.82) is 0 Å². The van der Waals surface area contributed by atoms with Crippen molar-refractivity contribution in [2.45, 2.75) is 52.0 Å². The summed E-state index contributed by atoms with van der Waals surface area (Å²) in [5.74, 6) is 1.15. The molecule has 1 aromatic rings. The molecule has 1 atom stereocenters. The third kappa shape index (κ3) is 2.40. The summed E-state index contributed by atoms with van der Waals surface area (Å²) >= 11 is 0. The lowest BCUT2D eigenvalue weighted by atomic mass is 10.0. The summed E-state index contributed by atoms with van der Waals surface area (Å²) in [7, 11) is 0. The molecule has 0 bridgehead atoms. The highest BCUT2D eigenvalue weighted by Gasteiger charge is 2.18. The molecule has 84 valence electrons. The van der Waals surface area contributed by atoms with Crippen molar-refractivity contribution < 1.29 is 0 Å². The van der Waals surface area contributed by atoms with Crippen LogP contribution in [0.25, 0.3) is 0 Å². The van der Waals surface area contributed by atoms with E-state index in [9.17, 15) is 0 Å².